The maximum absolute atomic E-state index is 5.79. The van der Waals surface area contributed by atoms with E-state index in [4.69, 9.17) is 10.5 Å². The second kappa shape index (κ2) is 3.53. The molecule has 0 amide bonds. The molecule has 1 fully saturated rings. The van der Waals surface area contributed by atoms with Crippen molar-refractivity contribution >= 4 is 0 Å². The molecule has 0 bridgehead atoms. The van der Waals surface area contributed by atoms with Gasteiger partial charge >= 0.3 is 0 Å². The highest BCUT2D eigenvalue weighted by molar-refractivity contribution is 5.35. The highest BCUT2D eigenvalue weighted by Crippen LogP contribution is 2.46. The van der Waals surface area contributed by atoms with Gasteiger partial charge in [0.25, 0.3) is 0 Å². The first-order valence-corrected chi connectivity index (χ1v) is 5.79. The molecular weight excluding hydrogens is 186 g/mol. The molecule has 0 saturated heterocycles. The number of ether oxygens (including phenoxy) is 1. The van der Waals surface area contributed by atoms with Gasteiger partial charge in [-0.15, -0.1) is 0 Å². The van der Waals surface area contributed by atoms with Gasteiger partial charge in [0.2, 0.25) is 0 Å². The van der Waals surface area contributed by atoms with Gasteiger partial charge in [-0.05, 0) is 42.9 Å². The quantitative estimate of drug-likeness (QED) is 0.796. The van der Waals surface area contributed by atoms with Gasteiger partial charge in [-0.1, -0.05) is 18.2 Å². The Bertz CT molecular complexity index is 363. The van der Waals surface area contributed by atoms with Gasteiger partial charge in [-0.2, -0.15) is 0 Å². The molecule has 0 aromatic heterocycles. The van der Waals surface area contributed by atoms with E-state index in [9.17, 15) is 0 Å². The molecule has 2 nitrogen and oxygen atoms in total. The van der Waals surface area contributed by atoms with Crippen LogP contribution in [0.25, 0.3) is 0 Å². The Morgan fingerprint density at radius 1 is 1.33 bits per heavy atom. The van der Waals surface area contributed by atoms with E-state index in [1.807, 2.05) is 6.07 Å². The largest absolute Gasteiger partial charge is 0.493 e. The van der Waals surface area contributed by atoms with E-state index < -0.39 is 0 Å². The molecule has 1 aromatic rings. The monoisotopic (exact) mass is 203 g/mol. The predicted molar refractivity (Wildman–Crippen MR) is 59.8 cm³/mol. The number of rotatable bonds is 2. The fraction of sp³-hybridized carbons (Fsp3) is 0.538. The van der Waals surface area contributed by atoms with Gasteiger partial charge in [0, 0.05) is 5.92 Å². The van der Waals surface area contributed by atoms with Crippen LogP contribution in [-0.2, 0) is 6.42 Å². The molecule has 1 saturated carbocycles. The molecule has 1 aromatic carbocycles. The van der Waals surface area contributed by atoms with Gasteiger partial charge in [0.15, 0.2) is 0 Å². The maximum atomic E-state index is 5.79. The second-order valence-electron chi connectivity index (χ2n) is 4.78. The summed E-state index contributed by atoms with van der Waals surface area (Å²) in [6, 6.07) is 8.39. The molecule has 0 spiro atoms. The minimum atomic E-state index is 0.702. The molecule has 2 heteroatoms. The van der Waals surface area contributed by atoms with E-state index in [1.165, 1.54) is 18.4 Å². The first-order chi connectivity index (χ1) is 7.38. The number of hydrogen-bond acceptors (Lipinski definition) is 2. The van der Waals surface area contributed by atoms with Crippen LogP contribution >= 0.6 is 0 Å². The molecule has 80 valence electrons. The number of para-hydroxylation sites is 1. The van der Waals surface area contributed by atoms with Gasteiger partial charge in [-0.3, -0.25) is 0 Å². The summed E-state index contributed by atoms with van der Waals surface area (Å²) < 4.78 is 5.79. The van der Waals surface area contributed by atoms with Crippen LogP contribution in [0, 0.1) is 17.8 Å². The average Bonchev–Trinajstić information content (AvgIpc) is 3.08. The summed E-state index contributed by atoms with van der Waals surface area (Å²) in [6.45, 7) is 1.74. The van der Waals surface area contributed by atoms with E-state index in [1.54, 1.807) is 0 Å². The van der Waals surface area contributed by atoms with Gasteiger partial charge in [0.1, 0.15) is 5.75 Å². The highest BCUT2D eigenvalue weighted by atomic mass is 16.5. The summed E-state index contributed by atoms with van der Waals surface area (Å²) in [6.07, 6.45) is 2.49. The number of nitrogens with two attached hydrogens (primary N) is 1. The van der Waals surface area contributed by atoms with Crippen molar-refractivity contribution in [1.29, 1.82) is 0 Å². The third-order valence-electron chi connectivity index (χ3n) is 3.79. The molecule has 15 heavy (non-hydrogen) atoms. The van der Waals surface area contributed by atoms with Crippen molar-refractivity contribution in [3.05, 3.63) is 29.8 Å². The average molecular weight is 203 g/mol. The van der Waals surface area contributed by atoms with Crippen LogP contribution in [0.3, 0.4) is 0 Å². The highest BCUT2D eigenvalue weighted by Gasteiger charge is 2.43. The van der Waals surface area contributed by atoms with Crippen LogP contribution in [0.15, 0.2) is 24.3 Å². The summed E-state index contributed by atoms with van der Waals surface area (Å²) in [7, 11) is 0. The van der Waals surface area contributed by atoms with Gasteiger partial charge in [0.05, 0.1) is 6.61 Å². The van der Waals surface area contributed by atoms with Gasteiger partial charge in [-0.25, -0.2) is 0 Å². The minimum Gasteiger partial charge on any atom is -0.493 e. The number of fused-ring (bicyclic) bond motifs is 1. The molecule has 1 aliphatic heterocycles. The molecule has 2 N–H and O–H groups in total. The summed E-state index contributed by atoms with van der Waals surface area (Å²) in [5.41, 5.74) is 7.06. The fourth-order valence-electron chi connectivity index (χ4n) is 2.75. The Labute approximate surface area is 90.4 Å². The van der Waals surface area contributed by atoms with Crippen molar-refractivity contribution in [3.8, 4) is 5.75 Å². The van der Waals surface area contributed by atoms with Crippen molar-refractivity contribution in [2.75, 3.05) is 13.2 Å². The second-order valence-corrected chi connectivity index (χ2v) is 4.78. The Balaban J connectivity index is 1.73. The molecule has 0 radical (unpaired) electrons. The van der Waals surface area contributed by atoms with Crippen molar-refractivity contribution in [3.63, 3.8) is 0 Å². The van der Waals surface area contributed by atoms with Crippen molar-refractivity contribution in [1.82, 2.24) is 0 Å². The lowest BCUT2D eigenvalue weighted by molar-refractivity contribution is 0.200. The summed E-state index contributed by atoms with van der Waals surface area (Å²) in [4.78, 5) is 0. The zero-order chi connectivity index (χ0) is 10.3. The van der Waals surface area contributed by atoms with Crippen LogP contribution in [-0.4, -0.2) is 13.2 Å². The molecule has 1 heterocycles. The predicted octanol–water partition coefficient (Wildman–Crippen LogP) is 1.83. The van der Waals surface area contributed by atoms with E-state index in [-0.39, 0.29) is 0 Å². The molecule has 3 atom stereocenters. The molecule has 2 aliphatic rings. The molecule has 3 rings (SSSR count). The van der Waals surface area contributed by atoms with Crippen LogP contribution < -0.4 is 10.5 Å². The first kappa shape index (κ1) is 9.22. The molecular formula is C13H17NO. The van der Waals surface area contributed by atoms with Crippen molar-refractivity contribution in [2.45, 2.75) is 12.8 Å². The zero-order valence-corrected chi connectivity index (χ0v) is 8.86. The normalized spacial score (nSPS) is 33.0. The molecule has 1 unspecified atom stereocenters. The maximum Gasteiger partial charge on any atom is 0.122 e. The molecule has 1 aliphatic carbocycles. The van der Waals surface area contributed by atoms with Crippen LogP contribution in [0.2, 0.25) is 0 Å². The summed E-state index contributed by atoms with van der Waals surface area (Å²) >= 11 is 0. The van der Waals surface area contributed by atoms with Crippen LogP contribution in [0.5, 0.6) is 5.75 Å². The smallest absolute Gasteiger partial charge is 0.122 e. The Morgan fingerprint density at radius 2 is 2.20 bits per heavy atom. The lowest BCUT2D eigenvalue weighted by Gasteiger charge is -2.25. The minimum absolute atomic E-state index is 0.702. The number of hydrogen-bond donors (Lipinski definition) is 1. The van der Waals surface area contributed by atoms with E-state index >= 15 is 0 Å². The van der Waals surface area contributed by atoms with Gasteiger partial charge < -0.3 is 10.5 Å². The zero-order valence-electron chi connectivity index (χ0n) is 8.86. The summed E-state index contributed by atoms with van der Waals surface area (Å²) in [5.74, 6) is 3.37. The van der Waals surface area contributed by atoms with E-state index in [2.05, 4.69) is 18.2 Å². The van der Waals surface area contributed by atoms with Crippen molar-refractivity contribution < 1.29 is 4.74 Å². The lowest BCUT2D eigenvalue weighted by atomic mass is 9.92. The van der Waals surface area contributed by atoms with E-state index in [0.29, 0.717) is 5.92 Å². The van der Waals surface area contributed by atoms with Crippen molar-refractivity contribution in [2.24, 2.45) is 23.5 Å². The summed E-state index contributed by atoms with van der Waals surface area (Å²) in [5, 5.41) is 0. The Hall–Kier alpha value is -1.02. The first-order valence-electron chi connectivity index (χ1n) is 5.79. The Morgan fingerprint density at radius 3 is 3.00 bits per heavy atom. The number of benzene rings is 1. The lowest BCUT2D eigenvalue weighted by Crippen LogP contribution is -2.23. The van der Waals surface area contributed by atoms with E-state index in [0.717, 1.165) is 30.7 Å². The van der Waals surface area contributed by atoms with Crippen LogP contribution in [0.1, 0.15) is 12.0 Å². The third-order valence-corrected chi connectivity index (χ3v) is 3.79. The SMILES string of the molecule is NC[C@@H]1C[C@H]1C1COc2ccccc2C1. The fourth-order valence-corrected chi connectivity index (χ4v) is 2.75. The topological polar surface area (TPSA) is 35.2 Å². The Kier molecular flexibility index (Phi) is 2.17. The van der Waals surface area contributed by atoms with Crippen LogP contribution in [0.4, 0.5) is 0 Å². The standard InChI is InChI=1S/C13H17NO/c14-7-10-6-12(10)11-5-9-3-1-2-4-13(9)15-8-11/h1-4,10-12H,5-8,14H2/t10-,11?,12+/m0/s1. The third kappa shape index (κ3) is 1.63.